The molecule has 44 heavy (non-hydrogen) atoms. The lowest BCUT2D eigenvalue weighted by Gasteiger charge is -2.19. The van der Waals surface area contributed by atoms with Gasteiger partial charge in [0.1, 0.15) is 11.4 Å². The van der Waals surface area contributed by atoms with Crippen molar-refractivity contribution < 1.29 is 28.6 Å². The fourth-order valence-corrected chi connectivity index (χ4v) is 6.70. The van der Waals surface area contributed by atoms with E-state index in [-0.39, 0.29) is 40.9 Å². The van der Waals surface area contributed by atoms with Gasteiger partial charge < -0.3 is 30.2 Å². The van der Waals surface area contributed by atoms with Gasteiger partial charge >= 0.3 is 6.03 Å². The van der Waals surface area contributed by atoms with Crippen molar-refractivity contribution in [2.24, 2.45) is 5.41 Å². The van der Waals surface area contributed by atoms with E-state index in [1.807, 2.05) is 38.7 Å². The van der Waals surface area contributed by atoms with Crippen LogP contribution in [-0.4, -0.2) is 108 Å². The molecule has 0 bridgehead atoms. The predicted molar refractivity (Wildman–Crippen MR) is 166 cm³/mol. The van der Waals surface area contributed by atoms with Crippen LogP contribution in [0.1, 0.15) is 65.0 Å². The SMILES string of the molecule is CC(C)(C)C(=O)CC1(CCc2cn(CCOCCOCCOCCNC(=O)CCCC[C@@H]3SC[C@@H]4NC(=O)N[C@@H]43)nn2)NN1. The standard InChI is InChI=1S/C29H50N8O6S/c1-28(2,3)24(38)18-29(34-35-29)9-8-21-19-37(36-33-21)11-13-42-15-17-43-16-14-41-12-10-30-25(39)7-5-4-6-23-26-22(20-44-23)31-27(40)32-26/h19,22-23,26,34-35H,4-18,20H2,1-3H3,(H,30,39)(H2,31,32,40)/t22-,23-,26-/m0/s1. The summed E-state index contributed by atoms with van der Waals surface area (Å²) in [5.74, 6) is 1.23. The van der Waals surface area contributed by atoms with Crippen LogP contribution < -0.4 is 26.8 Å². The number of Topliss-reactive ketones (excluding diaryl/α,β-unsaturated/α-hetero) is 1. The first-order chi connectivity index (χ1) is 21.1. The van der Waals surface area contributed by atoms with Gasteiger partial charge in [0, 0.05) is 42.0 Å². The van der Waals surface area contributed by atoms with Gasteiger partial charge in [-0.2, -0.15) is 11.8 Å². The van der Waals surface area contributed by atoms with E-state index in [1.165, 1.54) is 0 Å². The number of ether oxygens (including phenoxy) is 3. The molecule has 1 aromatic rings. The normalized spacial score (nSPS) is 22.0. The number of rotatable bonds is 22. The second-order valence-corrected chi connectivity index (χ2v) is 14.0. The van der Waals surface area contributed by atoms with Crippen LogP contribution in [0, 0.1) is 5.41 Å². The van der Waals surface area contributed by atoms with Crippen molar-refractivity contribution in [3.8, 4) is 0 Å². The van der Waals surface area contributed by atoms with Gasteiger partial charge in [0.25, 0.3) is 0 Å². The van der Waals surface area contributed by atoms with Gasteiger partial charge in [-0.15, -0.1) is 5.10 Å². The monoisotopic (exact) mass is 638 g/mol. The summed E-state index contributed by atoms with van der Waals surface area (Å²) in [6.45, 7) is 9.74. The molecule has 3 atom stereocenters. The second kappa shape index (κ2) is 16.9. The third-order valence-corrected chi connectivity index (χ3v) is 9.54. The van der Waals surface area contributed by atoms with E-state index >= 15 is 0 Å². The third kappa shape index (κ3) is 11.6. The Balaban J connectivity index is 0.900. The number of nitrogens with one attached hydrogen (secondary N) is 5. The van der Waals surface area contributed by atoms with E-state index in [1.54, 1.807) is 4.68 Å². The number of amides is 3. The van der Waals surface area contributed by atoms with Crippen molar-refractivity contribution in [1.29, 1.82) is 0 Å². The number of hydrogen-bond acceptors (Lipinski definition) is 11. The zero-order valence-corrected chi connectivity index (χ0v) is 27.1. The number of aromatic nitrogens is 3. The number of fused-ring (bicyclic) bond motifs is 1. The summed E-state index contributed by atoms with van der Waals surface area (Å²) in [6, 6.07) is 0.411. The van der Waals surface area contributed by atoms with Crippen LogP contribution in [0.25, 0.3) is 0 Å². The van der Waals surface area contributed by atoms with Gasteiger partial charge in [0.05, 0.1) is 64.0 Å². The molecule has 3 amide bonds. The molecule has 14 nitrogen and oxygen atoms in total. The zero-order valence-electron chi connectivity index (χ0n) is 26.3. The van der Waals surface area contributed by atoms with Gasteiger partial charge in [-0.1, -0.05) is 32.4 Å². The molecular weight excluding hydrogens is 588 g/mol. The molecule has 3 fully saturated rings. The molecule has 5 N–H and O–H groups in total. The van der Waals surface area contributed by atoms with Crippen LogP contribution >= 0.6 is 11.8 Å². The zero-order chi connectivity index (χ0) is 31.4. The highest BCUT2D eigenvalue weighted by Gasteiger charge is 2.45. The average Bonchev–Trinajstić information content (AvgIpc) is 3.25. The molecule has 1 aromatic heterocycles. The lowest BCUT2D eigenvalue weighted by atomic mass is 9.85. The minimum atomic E-state index is -0.349. The molecule has 0 aromatic carbocycles. The summed E-state index contributed by atoms with van der Waals surface area (Å²) >= 11 is 1.90. The fourth-order valence-electron chi connectivity index (χ4n) is 5.16. The molecule has 3 aliphatic heterocycles. The van der Waals surface area contributed by atoms with Crippen LogP contribution in [0.5, 0.6) is 0 Å². The maximum absolute atomic E-state index is 12.4. The Morgan fingerprint density at radius 1 is 1.07 bits per heavy atom. The van der Waals surface area contributed by atoms with Gasteiger partial charge in [-0.05, 0) is 25.7 Å². The lowest BCUT2D eigenvalue weighted by molar-refractivity contribution is -0.127. The maximum atomic E-state index is 12.4. The molecular formula is C29H50N8O6S. The number of carbonyl (C=O) groups is 3. The Kier molecular flexibility index (Phi) is 13.2. The molecule has 0 spiro atoms. The number of nitrogens with zero attached hydrogens (tertiary/aromatic N) is 3. The first-order valence-corrected chi connectivity index (χ1v) is 16.8. The molecule has 3 aliphatic rings. The summed E-state index contributed by atoms with van der Waals surface area (Å²) < 4.78 is 18.5. The summed E-state index contributed by atoms with van der Waals surface area (Å²) in [7, 11) is 0. The number of unbranched alkanes of at least 4 members (excludes halogenated alkanes) is 1. The summed E-state index contributed by atoms with van der Waals surface area (Å²) in [5, 5.41) is 17.7. The van der Waals surface area contributed by atoms with Gasteiger partial charge in [0.15, 0.2) is 0 Å². The first-order valence-electron chi connectivity index (χ1n) is 15.8. The Morgan fingerprint density at radius 3 is 2.52 bits per heavy atom. The first kappa shape index (κ1) is 34.6. The van der Waals surface area contributed by atoms with E-state index in [4.69, 9.17) is 14.2 Å². The number of hydrogen-bond donors (Lipinski definition) is 5. The van der Waals surface area contributed by atoms with Crippen LogP contribution in [-0.2, 0) is 36.8 Å². The number of aryl methyl sites for hydroxylation is 1. The average molecular weight is 639 g/mol. The fraction of sp³-hybridized carbons (Fsp3) is 0.828. The van der Waals surface area contributed by atoms with Crippen molar-refractivity contribution in [3.05, 3.63) is 11.9 Å². The van der Waals surface area contributed by atoms with Crippen molar-refractivity contribution in [3.63, 3.8) is 0 Å². The second-order valence-electron chi connectivity index (χ2n) is 12.7. The Bertz CT molecular complexity index is 1080. The highest BCUT2D eigenvalue weighted by Crippen LogP contribution is 2.33. The van der Waals surface area contributed by atoms with Gasteiger partial charge in [-0.25, -0.2) is 20.3 Å². The van der Waals surface area contributed by atoms with E-state index in [0.29, 0.717) is 70.8 Å². The molecule has 0 saturated carbocycles. The molecule has 15 heteroatoms. The molecule has 4 rings (SSSR count). The van der Waals surface area contributed by atoms with Gasteiger partial charge in [0.2, 0.25) is 5.91 Å². The van der Waals surface area contributed by atoms with Crippen molar-refractivity contribution in [1.82, 2.24) is 41.8 Å². The number of ketones is 1. The van der Waals surface area contributed by atoms with Crippen LogP contribution in [0.3, 0.4) is 0 Å². The Labute approximate surface area is 264 Å². The summed E-state index contributed by atoms with van der Waals surface area (Å²) in [4.78, 5) is 35.9. The number of carbonyl (C=O) groups excluding carboxylic acids is 3. The quantitative estimate of drug-likeness (QED) is 0.0690. The molecule has 0 radical (unpaired) electrons. The highest BCUT2D eigenvalue weighted by molar-refractivity contribution is 8.00. The minimum Gasteiger partial charge on any atom is -0.377 e. The van der Waals surface area contributed by atoms with Crippen molar-refractivity contribution >= 4 is 29.5 Å². The van der Waals surface area contributed by atoms with Crippen molar-refractivity contribution in [2.75, 3.05) is 51.9 Å². The topological polar surface area (TPSA) is 190 Å². The van der Waals surface area contributed by atoms with Crippen LogP contribution in [0.15, 0.2) is 6.20 Å². The maximum Gasteiger partial charge on any atom is 0.315 e. The number of hydrazine groups is 1. The van der Waals surface area contributed by atoms with Crippen LogP contribution in [0.2, 0.25) is 0 Å². The Hall–Kier alpha value is -2.30. The number of urea groups is 1. The molecule has 3 saturated heterocycles. The highest BCUT2D eigenvalue weighted by atomic mass is 32.2. The summed E-state index contributed by atoms with van der Waals surface area (Å²) in [6.07, 6.45) is 7.21. The van der Waals surface area contributed by atoms with E-state index < -0.39 is 0 Å². The number of thioether (sulfide) groups is 1. The third-order valence-electron chi connectivity index (χ3n) is 8.03. The van der Waals surface area contributed by atoms with Crippen LogP contribution in [0.4, 0.5) is 4.79 Å². The lowest BCUT2D eigenvalue weighted by Crippen LogP contribution is -2.36. The molecule has 4 heterocycles. The summed E-state index contributed by atoms with van der Waals surface area (Å²) in [5.41, 5.74) is 6.49. The van der Waals surface area contributed by atoms with E-state index in [9.17, 15) is 14.4 Å². The molecule has 0 aliphatic carbocycles. The van der Waals surface area contributed by atoms with Crippen molar-refractivity contribution in [2.45, 2.75) is 95.3 Å². The molecule has 248 valence electrons. The smallest absolute Gasteiger partial charge is 0.315 e. The minimum absolute atomic E-state index is 0.0439. The van der Waals surface area contributed by atoms with E-state index in [2.05, 4.69) is 37.1 Å². The van der Waals surface area contributed by atoms with Gasteiger partial charge in [-0.3, -0.25) is 9.59 Å². The molecule has 0 unspecified atom stereocenters. The largest absolute Gasteiger partial charge is 0.377 e. The predicted octanol–water partition coefficient (Wildman–Crippen LogP) is 0.912. The Morgan fingerprint density at radius 2 is 1.80 bits per heavy atom. The van der Waals surface area contributed by atoms with E-state index in [0.717, 1.165) is 43.6 Å².